The molecule has 1 saturated carbocycles. The van der Waals surface area contributed by atoms with Crippen molar-refractivity contribution in [3.05, 3.63) is 42.4 Å². The Morgan fingerprint density at radius 2 is 1.87 bits per heavy atom. The topological polar surface area (TPSA) is 88.9 Å². The molecule has 2 fully saturated rings. The van der Waals surface area contributed by atoms with Crippen LogP contribution >= 0.6 is 0 Å². The molecule has 2 aromatic rings. The lowest BCUT2D eigenvalue weighted by Crippen LogP contribution is -2.42. The average molecular weight is 549 g/mol. The summed E-state index contributed by atoms with van der Waals surface area (Å²) in [5, 5.41) is 1.85. The van der Waals surface area contributed by atoms with Gasteiger partial charge in [0.1, 0.15) is 12.3 Å². The van der Waals surface area contributed by atoms with Gasteiger partial charge in [-0.25, -0.2) is 9.78 Å². The van der Waals surface area contributed by atoms with Gasteiger partial charge in [0.05, 0.1) is 19.1 Å². The monoisotopic (exact) mass is 549 g/mol. The fourth-order valence-corrected chi connectivity index (χ4v) is 4.71. The predicted octanol–water partition coefficient (Wildman–Crippen LogP) is 3.18. The normalized spacial score (nSPS) is 21.1. The highest BCUT2D eigenvalue weighted by Crippen LogP contribution is 2.52. The number of carbonyl (C=O) groups excluding carboxylic acids is 2. The van der Waals surface area contributed by atoms with E-state index in [0.29, 0.717) is 18.7 Å². The van der Waals surface area contributed by atoms with E-state index in [1.165, 1.54) is 29.6 Å². The zero-order valence-electron chi connectivity index (χ0n) is 20.1. The van der Waals surface area contributed by atoms with Crippen LogP contribution in [0.1, 0.15) is 5.56 Å². The Morgan fingerprint density at radius 1 is 1.16 bits per heavy atom. The van der Waals surface area contributed by atoms with Gasteiger partial charge in [-0.05, 0) is 35.4 Å². The molecule has 38 heavy (non-hydrogen) atoms. The summed E-state index contributed by atoms with van der Waals surface area (Å²) in [5.41, 5.74) is 0.387. The molecule has 0 radical (unpaired) electrons. The van der Waals surface area contributed by atoms with E-state index >= 15 is 0 Å². The molecule has 1 saturated heterocycles. The van der Waals surface area contributed by atoms with E-state index in [1.807, 2.05) is 5.32 Å². The number of likely N-dealkylation sites (tertiary alicyclic amines) is 1. The minimum atomic E-state index is -4.86. The molecule has 1 aliphatic heterocycles. The maximum atomic E-state index is 13.0. The highest BCUT2D eigenvalue weighted by atomic mass is 19.4. The molecule has 2 amide bonds. The van der Waals surface area contributed by atoms with E-state index < -0.39 is 36.8 Å². The van der Waals surface area contributed by atoms with E-state index in [-0.39, 0.29) is 43.3 Å². The first-order chi connectivity index (χ1) is 17.8. The molecule has 208 valence electrons. The first kappa shape index (κ1) is 27.5. The summed E-state index contributed by atoms with van der Waals surface area (Å²) in [7, 11) is 1.69. The Bertz CT molecular complexity index is 1140. The highest BCUT2D eigenvalue weighted by molar-refractivity contribution is 5.78. The second-order valence-corrected chi connectivity index (χ2v) is 9.40. The largest absolute Gasteiger partial charge is 0.573 e. The summed E-state index contributed by atoms with van der Waals surface area (Å²) in [4.78, 5) is 31.8. The van der Waals surface area contributed by atoms with Crippen LogP contribution in [0.15, 0.2) is 36.8 Å². The van der Waals surface area contributed by atoms with Gasteiger partial charge < -0.3 is 24.3 Å². The Hall–Kier alpha value is -3.49. The first-order valence-corrected chi connectivity index (χ1v) is 11.6. The number of ether oxygens (including phenoxy) is 2. The van der Waals surface area contributed by atoms with Gasteiger partial charge in [0.15, 0.2) is 0 Å². The molecule has 2 unspecified atom stereocenters. The average Bonchev–Trinajstić information content (AvgIpc) is 3.09. The highest BCUT2D eigenvalue weighted by Gasteiger charge is 2.56. The number of hydrogen-bond donors (Lipinski definition) is 1. The van der Waals surface area contributed by atoms with Gasteiger partial charge in [0, 0.05) is 33.2 Å². The summed E-state index contributed by atoms with van der Waals surface area (Å²) in [5.74, 6) is -0.803. The third-order valence-electron chi connectivity index (χ3n) is 6.37. The second kappa shape index (κ2) is 10.7. The summed E-state index contributed by atoms with van der Waals surface area (Å²) in [6.07, 6.45) is -7.16. The van der Waals surface area contributed by atoms with Crippen LogP contribution in [-0.2, 0) is 18.4 Å². The minimum Gasteiger partial charge on any atom is -0.406 e. The van der Waals surface area contributed by atoms with Crippen molar-refractivity contribution < 1.29 is 45.4 Å². The molecule has 1 aromatic heterocycles. The van der Waals surface area contributed by atoms with Gasteiger partial charge in [-0.1, -0.05) is 12.1 Å². The Labute approximate surface area is 213 Å². The minimum absolute atomic E-state index is 0.0374. The second-order valence-electron chi connectivity index (χ2n) is 9.40. The Kier molecular flexibility index (Phi) is 7.76. The quantitative estimate of drug-likeness (QED) is 0.484. The van der Waals surface area contributed by atoms with E-state index in [4.69, 9.17) is 4.74 Å². The number of nitrogens with one attached hydrogen (secondary N) is 1. The molecule has 0 spiro atoms. The van der Waals surface area contributed by atoms with Crippen LogP contribution in [0.3, 0.4) is 0 Å². The van der Waals surface area contributed by atoms with Crippen LogP contribution in [0.25, 0.3) is 0 Å². The number of hydrogen-bond acceptors (Lipinski definition) is 6. The summed E-state index contributed by atoms with van der Waals surface area (Å²) >= 11 is 0. The zero-order chi connectivity index (χ0) is 27.7. The molecule has 4 rings (SSSR count). The van der Waals surface area contributed by atoms with Gasteiger partial charge in [-0.2, -0.15) is 13.2 Å². The van der Waals surface area contributed by atoms with Gasteiger partial charge in [-0.3, -0.25) is 9.69 Å². The van der Waals surface area contributed by atoms with Gasteiger partial charge in [0.25, 0.3) is 0 Å². The van der Waals surface area contributed by atoms with E-state index in [2.05, 4.69) is 9.72 Å². The van der Waals surface area contributed by atoms with Crippen LogP contribution in [-0.4, -0.2) is 76.6 Å². The number of imidazole rings is 1. The van der Waals surface area contributed by atoms with Crippen molar-refractivity contribution in [2.24, 2.45) is 24.8 Å². The number of carbonyl (C=O) groups is 2. The molecular weight excluding hydrogens is 524 g/mol. The number of fused-ring (bicyclic) bond motifs is 1. The van der Waals surface area contributed by atoms with Crippen LogP contribution in [0.5, 0.6) is 11.6 Å². The van der Waals surface area contributed by atoms with Crippen LogP contribution < -0.4 is 14.8 Å². The lowest BCUT2D eigenvalue weighted by Gasteiger charge is -2.24. The number of piperidine rings is 1. The van der Waals surface area contributed by atoms with Crippen molar-refractivity contribution in [3.8, 4) is 11.6 Å². The van der Waals surface area contributed by atoms with Crippen LogP contribution in [0, 0.1) is 17.8 Å². The molecule has 2 aliphatic rings. The number of rotatable bonds is 9. The summed E-state index contributed by atoms with van der Waals surface area (Å²) in [6.45, 7) is -0.412. The molecule has 1 aliphatic carbocycles. The van der Waals surface area contributed by atoms with Crippen LogP contribution in [0.4, 0.5) is 31.1 Å². The summed E-state index contributed by atoms with van der Waals surface area (Å²) in [6, 6.07) is 5.27. The molecule has 15 heteroatoms. The third-order valence-corrected chi connectivity index (χ3v) is 6.37. The number of aryl methyl sites for hydroxylation is 1. The van der Waals surface area contributed by atoms with Crippen molar-refractivity contribution in [1.82, 2.24) is 24.7 Å². The SMILES string of the molecule is Cn1cnc(OC(=O)N(Cc2cccc(OC(F)(F)F)c2)CC2C3CN(CC(=O)NCC(F)(F)F)CC32)c1. The van der Waals surface area contributed by atoms with Crippen molar-refractivity contribution in [3.63, 3.8) is 0 Å². The molecule has 9 nitrogen and oxygen atoms in total. The van der Waals surface area contributed by atoms with Gasteiger partial charge in [-0.15, -0.1) is 13.2 Å². The van der Waals surface area contributed by atoms with E-state index in [9.17, 15) is 35.9 Å². The Morgan fingerprint density at radius 3 is 2.47 bits per heavy atom. The van der Waals surface area contributed by atoms with Crippen molar-refractivity contribution in [1.29, 1.82) is 0 Å². The number of amides is 2. The first-order valence-electron chi connectivity index (χ1n) is 11.6. The van der Waals surface area contributed by atoms with Gasteiger partial charge >= 0.3 is 18.6 Å². The predicted molar refractivity (Wildman–Crippen MR) is 119 cm³/mol. The third kappa shape index (κ3) is 7.76. The molecule has 2 heterocycles. The lowest BCUT2D eigenvalue weighted by molar-refractivity contribution is -0.274. The number of benzene rings is 1. The standard InChI is InChI=1S/C23H25F6N5O4/c1-32-11-20(31-13-32)37-21(36)34(6-14-3-2-4-15(5-14)38-23(27,28)29)9-18-16-7-33(8-17(16)18)10-19(35)30-12-22(24,25)26/h2-5,11,13,16-18H,6-10,12H2,1H3,(H,30,35). The molecule has 0 bridgehead atoms. The maximum absolute atomic E-state index is 13.0. The van der Waals surface area contributed by atoms with Crippen molar-refractivity contribution >= 4 is 12.0 Å². The van der Waals surface area contributed by atoms with Crippen molar-refractivity contribution in [2.75, 3.05) is 32.7 Å². The number of alkyl halides is 6. The lowest BCUT2D eigenvalue weighted by atomic mass is 10.2. The number of halogens is 6. The smallest absolute Gasteiger partial charge is 0.406 e. The molecule has 2 atom stereocenters. The van der Waals surface area contributed by atoms with Crippen molar-refractivity contribution in [2.45, 2.75) is 19.1 Å². The molecule has 1 aromatic carbocycles. The fourth-order valence-electron chi connectivity index (χ4n) is 4.71. The number of nitrogens with zero attached hydrogens (tertiary/aromatic N) is 4. The van der Waals surface area contributed by atoms with Crippen LogP contribution in [0.2, 0.25) is 0 Å². The maximum Gasteiger partial charge on any atom is 0.573 e. The van der Waals surface area contributed by atoms with Gasteiger partial charge in [0.2, 0.25) is 11.8 Å². The van der Waals surface area contributed by atoms with E-state index in [0.717, 1.165) is 6.07 Å². The van der Waals surface area contributed by atoms with E-state index in [1.54, 1.807) is 22.6 Å². The fraction of sp³-hybridized carbons (Fsp3) is 0.522. The molecule has 1 N–H and O–H groups in total. The summed E-state index contributed by atoms with van der Waals surface area (Å²) < 4.78 is 85.7. The number of aromatic nitrogens is 2. The molecular formula is C23H25F6N5O4. The Balaban J connectivity index is 1.37. The zero-order valence-corrected chi connectivity index (χ0v) is 20.1.